The Labute approximate surface area is 103 Å². The Balaban J connectivity index is 2.08. The monoisotopic (exact) mass is 277 g/mol. The molecule has 0 amide bonds. The quantitative estimate of drug-likeness (QED) is 0.937. The number of hydrogen-bond acceptors (Lipinski definition) is 3. The zero-order chi connectivity index (χ0) is 11.4. The summed E-state index contributed by atoms with van der Waals surface area (Å²) in [6.45, 7) is 2.71. The smallest absolute Gasteiger partial charge is 0.147 e. The molecule has 0 aliphatic carbocycles. The molecule has 1 aromatic heterocycles. The van der Waals surface area contributed by atoms with Crippen molar-refractivity contribution in [1.82, 2.24) is 9.97 Å². The van der Waals surface area contributed by atoms with Crippen LogP contribution in [0.5, 0.6) is 0 Å². The van der Waals surface area contributed by atoms with Crippen LogP contribution in [-0.4, -0.2) is 9.97 Å². The third-order valence-electron chi connectivity index (χ3n) is 2.26. The topological polar surface area (TPSA) is 37.8 Å². The van der Waals surface area contributed by atoms with Gasteiger partial charge in [0.25, 0.3) is 0 Å². The largest absolute Gasteiger partial charge is 0.377 e. The van der Waals surface area contributed by atoms with Crippen molar-refractivity contribution in [3.05, 3.63) is 52.5 Å². The molecule has 0 saturated carbocycles. The standard InChI is InChI=1S/C12H12BrN3/c1-9-3-4-10(13)7-11(9)16-8-12-14-5-2-6-15-12/h2-7,16H,8H2,1H3. The van der Waals surface area contributed by atoms with Crippen molar-refractivity contribution in [1.29, 1.82) is 0 Å². The van der Waals surface area contributed by atoms with Crippen LogP contribution < -0.4 is 5.32 Å². The molecule has 1 N–H and O–H groups in total. The van der Waals surface area contributed by atoms with Crippen LogP contribution >= 0.6 is 15.9 Å². The molecule has 0 saturated heterocycles. The lowest BCUT2D eigenvalue weighted by molar-refractivity contribution is 0.946. The first-order valence-corrected chi connectivity index (χ1v) is 5.81. The van der Waals surface area contributed by atoms with Crippen molar-refractivity contribution in [3.8, 4) is 0 Å². The van der Waals surface area contributed by atoms with E-state index in [4.69, 9.17) is 0 Å². The number of anilines is 1. The minimum Gasteiger partial charge on any atom is -0.377 e. The van der Waals surface area contributed by atoms with Gasteiger partial charge in [0.2, 0.25) is 0 Å². The molecule has 0 spiro atoms. The lowest BCUT2D eigenvalue weighted by Crippen LogP contribution is -2.04. The maximum Gasteiger partial charge on any atom is 0.147 e. The zero-order valence-corrected chi connectivity index (χ0v) is 10.5. The summed E-state index contributed by atoms with van der Waals surface area (Å²) in [6.07, 6.45) is 3.50. The second-order valence-corrected chi connectivity index (χ2v) is 4.39. The number of aromatic nitrogens is 2. The van der Waals surface area contributed by atoms with Gasteiger partial charge in [0.1, 0.15) is 5.82 Å². The van der Waals surface area contributed by atoms with Gasteiger partial charge in [0, 0.05) is 22.6 Å². The van der Waals surface area contributed by atoms with Crippen LogP contribution in [0.3, 0.4) is 0 Å². The van der Waals surface area contributed by atoms with Gasteiger partial charge in [-0.15, -0.1) is 0 Å². The van der Waals surface area contributed by atoms with Gasteiger partial charge in [-0.3, -0.25) is 0 Å². The molecule has 0 aliphatic heterocycles. The maximum absolute atomic E-state index is 4.16. The van der Waals surface area contributed by atoms with Gasteiger partial charge in [-0.1, -0.05) is 22.0 Å². The molecule has 82 valence electrons. The fraction of sp³-hybridized carbons (Fsp3) is 0.167. The average Bonchev–Trinajstić information content (AvgIpc) is 2.32. The van der Waals surface area contributed by atoms with Crippen LogP contribution in [0.1, 0.15) is 11.4 Å². The van der Waals surface area contributed by atoms with Crippen molar-refractivity contribution in [2.75, 3.05) is 5.32 Å². The minimum absolute atomic E-state index is 0.637. The molecule has 16 heavy (non-hydrogen) atoms. The van der Waals surface area contributed by atoms with Crippen LogP contribution in [0, 0.1) is 6.92 Å². The molecular weight excluding hydrogens is 266 g/mol. The Kier molecular flexibility index (Phi) is 3.51. The molecule has 1 heterocycles. The Morgan fingerprint density at radius 3 is 2.75 bits per heavy atom. The summed E-state index contributed by atoms with van der Waals surface area (Å²) in [5.41, 5.74) is 2.31. The van der Waals surface area contributed by atoms with Gasteiger partial charge >= 0.3 is 0 Å². The number of nitrogens with zero attached hydrogens (tertiary/aromatic N) is 2. The van der Waals surface area contributed by atoms with Crippen molar-refractivity contribution >= 4 is 21.6 Å². The normalized spacial score (nSPS) is 10.1. The summed E-state index contributed by atoms with van der Waals surface area (Å²) in [5.74, 6) is 0.793. The lowest BCUT2D eigenvalue weighted by atomic mass is 10.2. The molecular formula is C12H12BrN3. The molecule has 1 aromatic carbocycles. The number of halogens is 1. The van der Waals surface area contributed by atoms with Gasteiger partial charge in [0.15, 0.2) is 0 Å². The maximum atomic E-state index is 4.16. The summed E-state index contributed by atoms with van der Waals surface area (Å²) < 4.78 is 1.06. The lowest BCUT2D eigenvalue weighted by Gasteiger charge is -2.08. The van der Waals surface area contributed by atoms with E-state index in [0.717, 1.165) is 16.0 Å². The van der Waals surface area contributed by atoms with E-state index in [1.54, 1.807) is 12.4 Å². The Morgan fingerprint density at radius 1 is 1.25 bits per heavy atom. The molecule has 0 aliphatic rings. The summed E-state index contributed by atoms with van der Waals surface area (Å²) in [4.78, 5) is 8.32. The summed E-state index contributed by atoms with van der Waals surface area (Å²) >= 11 is 3.45. The van der Waals surface area contributed by atoms with Crippen molar-refractivity contribution in [2.24, 2.45) is 0 Å². The third kappa shape index (κ3) is 2.79. The molecule has 0 radical (unpaired) electrons. The summed E-state index contributed by atoms with van der Waals surface area (Å²) in [7, 11) is 0. The zero-order valence-electron chi connectivity index (χ0n) is 8.94. The molecule has 2 aromatic rings. The first-order chi connectivity index (χ1) is 7.75. The van der Waals surface area contributed by atoms with E-state index in [9.17, 15) is 0 Å². The van der Waals surface area contributed by atoms with E-state index in [1.165, 1.54) is 5.56 Å². The van der Waals surface area contributed by atoms with Gasteiger partial charge in [0.05, 0.1) is 6.54 Å². The number of aryl methyl sites for hydroxylation is 1. The minimum atomic E-state index is 0.637. The summed E-state index contributed by atoms with van der Waals surface area (Å²) in [6, 6.07) is 7.96. The van der Waals surface area contributed by atoms with Crippen LogP contribution in [-0.2, 0) is 6.54 Å². The van der Waals surface area contributed by atoms with E-state index in [2.05, 4.69) is 50.3 Å². The van der Waals surface area contributed by atoms with E-state index >= 15 is 0 Å². The first kappa shape index (κ1) is 11.1. The highest BCUT2D eigenvalue weighted by Crippen LogP contribution is 2.20. The van der Waals surface area contributed by atoms with Gasteiger partial charge in [-0.05, 0) is 30.7 Å². The molecule has 2 rings (SSSR count). The molecule has 3 nitrogen and oxygen atoms in total. The van der Waals surface area contributed by atoms with Crippen LogP contribution in [0.2, 0.25) is 0 Å². The van der Waals surface area contributed by atoms with Crippen molar-refractivity contribution < 1.29 is 0 Å². The van der Waals surface area contributed by atoms with Gasteiger partial charge in [-0.2, -0.15) is 0 Å². The number of rotatable bonds is 3. The summed E-state index contributed by atoms with van der Waals surface area (Å²) in [5, 5.41) is 3.32. The van der Waals surface area contributed by atoms with Crippen LogP contribution in [0.4, 0.5) is 5.69 Å². The van der Waals surface area contributed by atoms with Crippen LogP contribution in [0.15, 0.2) is 41.1 Å². The number of hydrogen-bond donors (Lipinski definition) is 1. The third-order valence-corrected chi connectivity index (χ3v) is 2.75. The average molecular weight is 278 g/mol. The van der Waals surface area contributed by atoms with E-state index in [1.807, 2.05) is 12.1 Å². The fourth-order valence-corrected chi connectivity index (χ4v) is 1.74. The van der Waals surface area contributed by atoms with Crippen molar-refractivity contribution in [2.45, 2.75) is 13.5 Å². The predicted octanol–water partition coefficient (Wildman–Crippen LogP) is 3.16. The van der Waals surface area contributed by atoms with Gasteiger partial charge in [-0.25, -0.2) is 9.97 Å². The van der Waals surface area contributed by atoms with Gasteiger partial charge < -0.3 is 5.32 Å². The molecule has 0 unspecified atom stereocenters. The second-order valence-electron chi connectivity index (χ2n) is 3.48. The predicted molar refractivity (Wildman–Crippen MR) is 68.2 cm³/mol. The first-order valence-electron chi connectivity index (χ1n) is 5.01. The Bertz CT molecular complexity index is 471. The molecule has 0 atom stereocenters. The highest BCUT2D eigenvalue weighted by molar-refractivity contribution is 9.10. The van der Waals surface area contributed by atoms with Crippen molar-refractivity contribution in [3.63, 3.8) is 0 Å². The molecule has 0 fully saturated rings. The van der Waals surface area contributed by atoms with E-state index < -0.39 is 0 Å². The van der Waals surface area contributed by atoms with E-state index in [0.29, 0.717) is 6.54 Å². The van der Waals surface area contributed by atoms with Crippen LogP contribution in [0.25, 0.3) is 0 Å². The number of benzene rings is 1. The van der Waals surface area contributed by atoms with E-state index in [-0.39, 0.29) is 0 Å². The fourth-order valence-electron chi connectivity index (χ4n) is 1.38. The molecule has 0 bridgehead atoms. The SMILES string of the molecule is Cc1ccc(Br)cc1NCc1ncccn1. The highest BCUT2D eigenvalue weighted by Gasteiger charge is 2.00. The second kappa shape index (κ2) is 5.07. The number of nitrogens with one attached hydrogen (secondary N) is 1. The molecule has 4 heteroatoms. The highest BCUT2D eigenvalue weighted by atomic mass is 79.9. The Morgan fingerprint density at radius 2 is 2.00 bits per heavy atom. The Hall–Kier alpha value is -1.42.